The Labute approximate surface area is 123 Å². The van der Waals surface area contributed by atoms with Crippen molar-refractivity contribution in [2.24, 2.45) is 0 Å². The van der Waals surface area contributed by atoms with Gasteiger partial charge in [0.15, 0.2) is 0 Å². The van der Waals surface area contributed by atoms with Gasteiger partial charge >= 0.3 is 5.97 Å². The minimum absolute atomic E-state index is 0.0746. The monoisotopic (exact) mass is 276 g/mol. The van der Waals surface area contributed by atoms with E-state index >= 15 is 0 Å². The van der Waals surface area contributed by atoms with Crippen LogP contribution in [0.2, 0.25) is 0 Å². The second-order valence-electron chi connectivity index (χ2n) is 5.72. The molecular formula is C18H28O2. The van der Waals surface area contributed by atoms with Crippen LogP contribution in [0, 0.1) is 0 Å². The highest BCUT2D eigenvalue weighted by molar-refractivity contribution is 5.69. The molecule has 0 aromatic heterocycles. The van der Waals surface area contributed by atoms with Crippen LogP contribution in [0.1, 0.15) is 76.3 Å². The summed E-state index contributed by atoms with van der Waals surface area (Å²) in [6.07, 6.45) is 6.35. The van der Waals surface area contributed by atoms with E-state index in [-0.39, 0.29) is 5.97 Å². The summed E-state index contributed by atoms with van der Waals surface area (Å²) in [5.74, 6) is 0.462. The van der Waals surface area contributed by atoms with E-state index in [1.165, 1.54) is 24.8 Å². The van der Waals surface area contributed by atoms with Crippen LogP contribution in [0.5, 0.6) is 0 Å². The van der Waals surface area contributed by atoms with Gasteiger partial charge in [0.2, 0.25) is 0 Å². The van der Waals surface area contributed by atoms with Crippen LogP contribution in [0.4, 0.5) is 0 Å². The summed E-state index contributed by atoms with van der Waals surface area (Å²) >= 11 is 0. The lowest BCUT2D eigenvalue weighted by Gasteiger charge is -2.08. The van der Waals surface area contributed by atoms with Crippen LogP contribution in [-0.2, 0) is 16.1 Å². The van der Waals surface area contributed by atoms with Crippen LogP contribution in [-0.4, -0.2) is 5.97 Å². The van der Waals surface area contributed by atoms with Gasteiger partial charge in [-0.15, -0.1) is 0 Å². The minimum atomic E-state index is -0.0746. The number of hydrogen-bond acceptors (Lipinski definition) is 2. The highest BCUT2D eigenvalue weighted by Crippen LogP contribution is 2.15. The number of carbonyl (C=O) groups is 1. The molecule has 0 bridgehead atoms. The maximum absolute atomic E-state index is 11.6. The van der Waals surface area contributed by atoms with Crippen molar-refractivity contribution in [3.63, 3.8) is 0 Å². The number of benzene rings is 1. The molecule has 0 saturated carbocycles. The van der Waals surface area contributed by atoms with Gasteiger partial charge in [-0.05, 0) is 23.5 Å². The first kappa shape index (κ1) is 16.7. The second-order valence-corrected chi connectivity index (χ2v) is 5.72. The van der Waals surface area contributed by atoms with Gasteiger partial charge in [0.05, 0.1) is 0 Å². The highest BCUT2D eigenvalue weighted by Gasteiger charge is 2.04. The Morgan fingerprint density at radius 3 is 2.30 bits per heavy atom. The first-order valence-electron chi connectivity index (χ1n) is 7.88. The summed E-state index contributed by atoms with van der Waals surface area (Å²) in [5, 5.41) is 0. The molecule has 1 aromatic carbocycles. The fourth-order valence-corrected chi connectivity index (χ4v) is 2.11. The zero-order valence-corrected chi connectivity index (χ0v) is 13.2. The zero-order valence-electron chi connectivity index (χ0n) is 13.2. The van der Waals surface area contributed by atoms with Gasteiger partial charge in [0.25, 0.3) is 0 Å². The third-order valence-corrected chi connectivity index (χ3v) is 3.53. The van der Waals surface area contributed by atoms with Crippen molar-refractivity contribution in [1.82, 2.24) is 0 Å². The molecule has 1 rings (SSSR count). The van der Waals surface area contributed by atoms with Crippen molar-refractivity contribution in [1.29, 1.82) is 0 Å². The Balaban J connectivity index is 2.20. The molecule has 20 heavy (non-hydrogen) atoms. The maximum atomic E-state index is 11.6. The number of unbranched alkanes of at least 4 members (excludes halogenated alkanes) is 4. The molecule has 0 N–H and O–H groups in total. The molecule has 0 radical (unpaired) electrons. The summed E-state index contributed by atoms with van der Waals surface area (Å²) in [7, 11) is 0. The van der Waals surface area contributed by atoms with Gasteiger partial charge in [0.1, 0.15) is 6.61 Å². The summed E-state index contributed by atoms with van der Waals surface area (Å²) in [4.78, 5) is 11.6. The molecule has 0 aliphatic carbocycles. The molecule has 0 spiro atoms. The fraction of sp³-hybridized carbons (Fsp3) is 0.611. The first-order chi connectivity index (χ1) is 9.63. The molecule has 2 nitrogen and oxygen atoms in total. The van der Waals surface area contributed by atoms with Crippen molar-refractivity contribution in [3.8, 4) is 0 Å². The van der Waals surface area contributed by atoms with Gasteiger partial charge in [-0.25, -0.2) is 0 Å². The summed E-state index contributed by atoms with van der Waals surface area (Å²) in [5.41, 5.74) is 2.38. The average Bonchev–Trinajstić information content (AvgIpc) is 2.45. The molecule has 0 unspecified atom stereocenters. The lowest BCUT2D eigenvalue weighted by atomic mass is 10.0. The maximum Gasteiger partial charge on any atom is 0.306 e. The van der Waals surface area contributed by atoms with E-state index in [0.29, 0.717) is 18.9 Å². The number of hydrogen-bond donors (Lipinski definition) is 0. The van der Waals surface area contributed by atoms with Gasteiger partial charge in [-0.2, -0.15) is 0 Å². The molecule has 1 aromatic rings. The molecule has 0 fully saturated rings. The number of esters is 1. The van der Waals surface area contributed by atoms with E-state index in [1.54, 1.807) is 0 Å². The Kier molecular flexibility index (Phi) is 8.01. The van der Waals surface area contributed by atoms with Crippen LogP contribution in [0.15, 0.2) is 24.3 Å². The van der Waals surface area contributed by atoms with Gasteiger partial charge in [-0.3, -0.25) is 4.79 Å². The lowest BCUT2D eigenvalue weighted by Crippen LogP contribution is -2.04. The van der Waals surface area contributed by atoms with E-state index < -0.39 is 0 Å². The summed E-state index contributed by atoms with van der Waals surface area (Å²) in [6, 6.07) is 8.31. The van der Waals surface area contributed by atoms with Crippen molar-refractivity contribution >= 4 is 5.97 Å². The smallest absolute Gasteiger partial charge is 0.306 e. The van der Waals surface area contributed by atoms with Gasteiger partial charge in [-0.1, -0.05) is 70.7 Å². The Hall–Kier alpha value is -1.31. The van der Waals surface area contributed by atoms with E-state index in [4.69, 9.17) is 4.74 Å². The first-order valence-corrected chi connectivity index (χ1v) is 7.88. The number of rotatable bonds is 9. The van der Waals surface area contributed by atoms with E-state index in [1.807, 2.05) is 12.1 Å². The minimum Gasteiger partial charge on any atom is -0.461 e. The van der Waals surface area contributed by atoms with Crippen LogP contribution >= 0.6 is 0 Å². The largest absolute Gasteiger partial charge is 0.461 e. The molecule has 0 aliphatic heterocycles. The highest BCUT2D eigenvalue weighted by atomic mass is 16.5. The normalized spacial score (nSPS) is 10.8. The average molecular weight is 276 g/mol. The van der Waals surface area contributed by atoms with Crippen LogP contribution in [0.3, 0.4) is 0 Å². The fourth-order valence-electron chi connectivity index (χ4n) is 2.11. The molecule has 0 atom stereocenters. The van der Waals surface area contributed by atoms with E-state index in [2.05, 4.69) is 32.9 Å². The third kappa shape index (κ3) is 6.74. The zero-order chi connectivity index (χ0) is 14.8. The lowest BCUT2D eigenvalue weighted by molar-refractivity contribution is -0.145. The summed E-state index contributed by atoms with van der Waals surface area (Å²) < 4.78 is 5.30. The predicted molar refractivity (Wildman–Crippen MR) is 83.7 cm³/mol. The second kappa shape index (κ2) is 9.57. The SMILES string of the molecule is CCCCCCCC(=O)OCc1ccc(C(C)C)cc1. The molecule has 0 saturated heterocycles. The van der Waals surface area contributed by atoms with Crippen molar-refractivity contribution in [2.75, 3.05) is 0 Å². The Morgan fingerprint density at radius 1 is 1.05 bits per heavy atom. The van der Waals surface area contributed by atoms with Crippen LogP contribution in [0.25, 0.3) is 0 Å². The van der Waals surface area contributed by atoms with Gasteiger partial charge in [0, 0.05) is 6.42 Å². The molecule has 112 valence electrons. The number of ether oxygens (including phenoxy) is 1. The quantitative estimate of drug-likeness (QED) is 0.457. The molecule has 0 heterocycles. The molecule has 0 amide bonds. The molecule has 2 heteroatoms. The van der Waals surface area contributed by atoms with E-state index in [9.17, 15) is 4.79 Å². The summed E-state index contributed by atoms with van der Waals surface area (Å²) in [6.45, 7) is 6.94. The van der Waals surface area contributed by atoms with Crippen molar-refractivity contribution in [3.05, 3.63) is 35.4 Å². The number of carbonyl (C=O) groups excluding carboxylic acids is 1. The topological polar surface area (TPSA) is 26.3 Å². The van der Waals surface area contributed by atoms with Crippen LogP contribution < -0.4 is 0 Å². The Morgan fingerprint density at radius 2 is 1.70 bits per heavy atom. The predicted octanol–water partition coefficient (Wildman–Crippen LogP) is 5.21. The van der Waals surface area contributed by atoms with E-state index in [0.717, 1.165) is 18.4 Å². The van der Waals surface area contributed by atoms with Gasteiger partial charge < -0.3 is 4.74 Å². The standard InChI is InChI=1S/C18H28O2/c1-4-5-6-7-8-9-18(19)20-14-16-10-12-17(13-11-16)15(2)3/h10-13,15H,4-9,14H2,1-3H3. The molecular weight excluding hydrogens is 248 g/mol. The Bertz CT molecular complexity index is 379. The van der Waals surface area contributed by atoms with Crippen molar-refractivity contribution < 1.29 is 9.53 Å². The molecule has 0 aliphatic rings. The third-order valence-electron chi connectivity index (χ3n) is 3.53. The van der Waals surface area contributed by atoms with Crippen molar-refractivity contribution in [2.45, 2.75) is 71.8 Å².